The maximum absolute atomic E-state index is 11.7. The van der Waals surface area contributed by atoms with E-state index in [2.05, 4.69) is 0 Å². The second kappa shape index (κ2) is 4.44. The van der Waals surface area contributed by atoms with Crippen molar-refractivity contribution in [2.75, 3.05) is 20.7 Å². The lowest BCUT2D eigenvalue weighted by Gasteiger charge is -2.33. The van der Waals surface area contributed by atoms with Gasteiger partial charge in [-0.3, -0.25) is 9.59 Å². The van der Waals surface area contributed by atoms with Crippen LogP contribution in [0.25, 0.3) is 0 Å². The van der Waals surface area contributed by atoms with Crippen molar-refractivity contribution >= 4 is 11.9 Å². The van der Waals surface area contributed by atoms with Crippen molar-refractivity contribution in [1.82, 2.24) is 4.90 Å². The fraction of sp³-hybridized carbons (Fsp3) is 0.800. The molecule has 0 unspecified atom stereocenters. The van der Waals surface area contributed by atoms with Gasteiger partial charge in [-0.2, -0.15) is 0 Å². The van der Waals surface area contributed by atoms with Gasteiger partial charge in [0.1, 0.15) is 0 Å². The Morgan fingerprint density at radius 3 is 2.79 bits per heavy atom. The lowest BCUT2D eigenvalue weighted by molar-refractivity contribution is -0.156. The Morgan fingerprint density at radius 2 is 2.29 bits per heavy atom. The molecule has 1 fully saturated rings. The molecule has 1 saturated heterocycles. The molecule has 1 amide bonds. The Labute approximate surface area is 84.2 Å². The van der Waals surface area contributed by atoms with E-state index in [1.165, 1.54) is 7.11 Å². The number of carbonyl (C=O) groups excluding carboxylic acids is 2. The smallest absolute Gasteiger partial charge is 0.309 e. The van der Waals surface area contributed by atoms with Crippen molar-refractivity contribution in [2.45, 2.75) is 19.8 Å². The first-order chi connectivity index (χ1) is 6.61. The van der Waals surface area contributed by atoms with Crippen LogP contribution in [-0.4, -0.2) is 37.5 Å². The highest BCUT2D eigenvalue weighted by Gasteiger charge is 2.38. The summed E-state index contributed by atoms with van der Waals surface area (Å²) in [5, 5.41) is 0. The number of carbonyl (C=O) groups is 2. The van der Waals surface area contributed by atoms with Crippen LogP contribution in [0.4, 0.5) is 0 Å². The van der Waals surface area contributed by atoms with Crippen LogP contribution in [0.3, 0.4) is 0 Å². The number of amides is 1. The molecule has 4 heteroatoms. The number of methoxy groups -OCH3 is 1. The summed E-state index contributed by atoms with van der Waals surface area (Å²) in [7, 11) is 3.15. The number of piperidine rings is 1. The molecule has 0 aromatic carbocycles. The van der Waals surface area contributed by atoms with Crippen LogP contribution in [-0.2, 0) is 14.3 Å². The minimum absolute atomic E-state index is 0.0640. The summed E-state index contributed by atoms with van der Waals surface area (Å²) in [4.78, 5) is 24.8. The van der Waals surface area contributed by atoms with Crippen molar-refractivity contribution < 1.29 is 14.3 Å². The Balaban J connectivity index is 2.77. The molecule has 14 heavy (non-hydrogen) atoms. The first-order valence-electron chi connectivity index (χ1n) is 4.94. The standard InChI is InChI=1S/C10H17NO3/c1-4-7-8(10(13)14-3)5-6-11(2)9(7)12/h7-8H,4-6H2,1-3H3/t7-,8-/m1/s1. The fourth-order valence-electron chi connectivity index (χ4n) is 1.99. The van der Waals surface area contributed by atoms with E-state index in [4.69, 9.17) is 4.74 Å². The lowest BCUT2D eigenvalue weighted by Crippen LogP contribution is -2.45. The molecule has 0 N–H and O–H groups in total. The molecule has 0 aliphatic carbocycles. The molecule has 0 aromatic heterocycles. The van der Waals surface area contributed by atoms with Gasteiger partial charge in [-0.25, -0.2) is 0 Å². The monoisotopic (exact) mass is 199 g/mol. The minimum atomic E-state index is -0.252. The number of ether oxygens (including phenoxy) is 1. The highest BCUT2D eigenvalue weighted by molar-refractivity contribution is 5.86. The third kappa shape index (κ3) is 1.89. The summed E-state index contributed by atoms with van der Waals surface area (Å²) < 4.78 is 4.70. The zero-order valence-corrected chi connectivity index (χ0v) is 8.95. The van der Waals surface area contributed by atoms with Crippen LogP contribution in [0.2, 0.25) is 0 Å². The van der Waals surface area contributed by atoms with Gasteiger partial charge in [0.15, 0.2) is 0 Å². The number of rotatable bonds is 2. The molecule has 1 rings (SSSR count). The van der Waals surface area contributed by atoms with Gasteiger partial charge >= 0.3 is 5.97 Å². The predicted molar refractivity (Wildman–Crippen MR) is 51.5 cm³/mol. The van der Waals surface area contributed by atoms with Crippen molar-refractivity contribution in [3.63, 3.8) is 0 Å². The zero-order valence-electron chi connectivity index (χ0n) is 8.95. The van der Waals surface area contributed by atoms with Crippen molar-refractivity contribution in [3.8, 4) is 0 Å². The number of hydrogen-bond acceptors (Lipinski definition) is 3. The first-order valence-corrected chi connectivity index (χ1v) is 4.94. The Hall–Kier alpha value is -1.06. The van der Waals surface area contributed by atoms with Gasteiger partial charge in [0.25, 0.3) is 0 Å². The minimum Gasteiger partial charge on any atom is -0.469 e. The summed E-state index contributed by atoms with van der Waals surface area (Å²) in [5.74, 6) is -0.623. The SMILES string of the molecule is CC[C@H]1C(=O)N(C)CC[C@H]1C(=O)OC. The van der Waals surface area contributed by atoms with Crippen LogP contribution in [0.15, 0.2) is 0 Å². The van der Waals surface area contributed by atoms with Crippen molar-refractivity contribution in [2.24, 2.45) is 11.8 Å². The maximum atomic E-state index is 11.7. The van der Waals surface area contributed by atoms with E-state index in [0.29, 0.717) is 19.4 Å². The van der Waals surface area contributed by atoms with Gasteiger partial charge in [-0.15, -0.1) is 0 Å². The Morgan fingerprint density at radius 1 is 1.64 bits per heavy atom. The second-order valence-electron chi connectivity index (χ2n) is 3.69. The van der Waals surface area contributed by atoms with Crippen molar-refractivity contribution in [3.05, 3.63) is 0 Å². The largest absolute Gasteiger partial charge is 0.469 e. The van der Waals surface area contributed by atoms with E-state index >= 15 is 0 Å². The average molecular weight is 199 g/mol. The van der Waals surface area contributed by atoms with E-state index in [1.807, 2.05) is 6.92 Å². The summed E-state index contributed by atoms with van der Waals surface area (Å²) in [6, 6.07) is 0. The molecule has 1 heterocycles. The molecular weight excluding hydrogens is 182 g/mol. The number of likely N-dealkylation sites (tertiary alicyclic amines) is 1. The molecule has 1 aliphatic heterocycles. The Bertz CT molecular complexity index is 240. The number of hydrogen-bond donors (Lipinski definition) is 0. The van der Waals surface area contributed by atoms with E-state index in [9.17, 15) is 9.59 Å². The zero-order chi connectivity index (χ0) is 10.7. The molecule has 0 radical (unpaired) electrons. The number of esters is 1. The quantitative estimate of drug-likeness (QED) is 0.614. The summed E-state index contributed by atoms with van der Waals surface area (Å²) in [5.41, 5.74) is 0. The third-order valence-corrected chi connectivity index (χ3v) is 2.90. The summed E-state index contributed by atoms with van der Waals surface area (Å²) >= 11 is 0. The normalized spacial score (nSPS) is 27.6. The van der Waals surface area contributed by atoms with E-state index in [0.717, 1.165) is 0 Å². The van der Waals surface area contributed by atoms with Gasteiger partial charge < -0.3 is 9.64 Å². The van der Waals surface area contributed by atoms with Crippen LogP contribution >= 0.6 is 0 Å². The summed E-state index contributed by atoms with van der Waals surface area (Å²) in [6.07, 6.45) is 1.41. The first kappa shape index (κ1) is 11.0. The highest BCUT2D eigenvalue weighted by Crippen LogP contribution is 2.27. The van der Waals surface area contributed by atoms with Gasteiger partial charge in [-0.1, -0.05) is 6.92 Å². The fourth-order valence-corrected chi connectivity index (χ4v) is 1.99. The molecule has 0 aromatic rings. The lowest BCUT2D eigenvalue weighted by atomic mass is 9.83. The van der Waals surface area contributed by atoms with Gasteiger partial charge in [-0.05, 0) is 12.8 Å². The van der Waals surface area contributed by atoms with Gasteiger partial charge in [0.05, 0.1) is 18.9 Å². The van der Waals surface area contributed by atoms with Crippen LogP contribution < -0.4 is 0 Å². The number of nitrogens with zero attached hydrogens (tertiary/aromatic N) is 1. The topological polar surface area (TPSA) is 46.6 Å². The second-order valence-corrected chi connectivity index (χ2v) is 3.69. The van der Waals surface area contributed by atoms with E-state index < -0.39 is 0 Å². The molecule has 2 atom stereocenters. The molecular formula is C10H17NO3. The van der Waals surface area contributed by atoms with Crippen LogP contribution in [0.5, 0.6) is 0 Å². The molecule has 0 bridgehead atoms. The van der Waals surface area contributed by atoms with E-state index in [-0.39, 0.29) is 23.7 Å². The van der Waals surface area contributed by atoms with Crippen LogP contribution in [0, 0.1) is 11.8 Å². The maximum Gasteiger partial charge on any atom is 0.309 e. The van der Waals surface area contributed by atoms with E-state index in [1.54, 1.807) is 11.9 Å². The third-order valence-electron chi connectivity index (χ3n) is 2.90. The Kier molecular flexibility index (Phi) is 3.49. The molecule has 0 spiro atoms. The van der Waals surface area contributed by atoms with Crippen LogP contribution in [0.1, 0.15) is 19.8 Å². The summed E-state index contributed by atoms with van der Waals surface area (Å²) in [6.45, 7) is 2.58. The van der Waals surface area contributed by atoms with Gasteiger partial charge in [0.2, 0.25) is 5.91 Å². The molecule has 80 valence electrons. The molecule has 0 saturated carbocycles. The average Bonchev–Trinajstić information content (AvgIpc) is 2.20. The van der Waals surface area contributed by atoms with Crippen molar-refractivity contribution in [1.29, 1.82) is 0 Å². The highest BCUT2D eigenvalue weighted by atomic mass is 16.5. The predicted octanol–water partition coefficient (Wildman–Crippen LogP) is 0.664. The molecule has 4 nitrogen and oxygen atoms in total. The molecule has 1 aliphatic rings. The van der Waals surface area contributed by atoms with Gasteiger partial charge in [0, 0.05) is 13.6 Å².